The minimum Gasteiger partial charge on any atom is -0.465 e. The predicted molar refractivity (Wildman–Crippen MR) is 105 cm³/mol. The molecule has 3 N–H and O–H groups in total. The second kappa shape index (κ2) is 12.7. The Kier molecular flexibility index (Phi) is 10.2. The smallest absolute Gasteiger partial charge is 0.238 e. The molecule has 0 spiro atoms. The fourth-order valence-electron chi connectivity index (χ4n) is 3.13. The molecule has 1 heterocycles. The standard InChI is InChI=1S/C21H34N2O4/c1-2-3-4-5-6-10-21(27-20-9-7-8-15-25-20)26-18-13-11-17(12-14-18)16-19(24)23-22/h11-14,20-21H,2-10,15-16,22H2,1H3,(H,23,24). The zero-order chi connectivity index (χ0) is 19.3. The van der Waals surface area contributed by atoms with Crippen LogP contribution >= 0.6 is 0 Å². The first kappa shape index (κ1) is 21.7. The molecule has 0 aromatic heterocycles. The minimum absolute atomic E-state index is 0.174. The molecule has 1 aliphatic rings. The monoisotopic (exact) mass is 378 g/mol. The van der Waals surface area contributed by atoms with E-state index in [1.54, 1.807) is 0 Å². The number of carbonyl (C=O) groups excluding carboxylic acids is 1. The van der Waals surface area contributed by atoms with Crippen LogP contribution < -0.4 is 16.0 Å². The summed E-state index contributed by atoms with van der Waals surface area (Å²) in [7, 11) is 0. The second-order valence-electron chi connectivity index (χ2n) is 7.07. The van der Waals surface area contributed by atoms with E-state index in [9.17, 15) is 4.79 Å². The van der Waals surface area contributed by atoms with Gasteiger partial charge in [0.05, 0.1) is 6.42 Å². The van der Waals surface area contributed by atoms with E-state index in [1.165, 1.54) is 25.7 Å². The molecule has 0 aliphatic carbocycles. The van der Waals surface area contributed by atoms with Crippen LogP contribution in [0.5, 0.6) is 5.75 Å². The Bertz CT molecular complexity index is 529. The summed E-state index contributed by atoms with van der Waals surface area (Å²) in [4.78, 5) is 11.4. The maximum atomic E-state index is 11.4. The van der Waals surface area contributed by atoms with E-state index < -0.39 is 0 Å². The predicted octanol–water partition coefficient (Wildman–Crippen LogP) is 3.83. The van der Waals surface area contributed by atoms with Gasteiger partial charge in [0.15, 0.2) is 6.29 Å². The van der Waals surface area contributed by atoms with E-state index in [0.717, 1.165) is 50.0 Å². The molecule has 27 heavy (non-hydrogen) atoms. The topological polar surface area (TPSA) is 82.8 Å². The lowest BCUT2D eigenvalue weighted by molar-refractivity contribution is -0.233. The molecule has 2 unspecified atom stereocenters. The minimum atomic E-state index is -0.312. The maximum absolute atomic E-state index is 11.4. The maximum Gasteiger partial charge on any atom is 0.238 e. The van der Waals surface area contributed by atoms with Crippen LogP contribution in [0.1, 0.15) is 70.3 Å². The lowest BCUT2D eigenvalue weighted by Gasteiger charge is -2.28. The van der Waals surface area contributed by atoms with Crippen molar-refractivity contribution in [3.05, 3.63) is 29.8 Å². The summed E-state index contributed by atoms with van der Waals surface area (Å²) in [5.74, 6) is 5.65. The van der Waals surface area contributed by atoms with Crippen LogP contribution in [0.4, 0.5) is 0 Å². The van der Waals surface area contributed by atoms with Gasteiger partial charge in [-0.15, -0.1) is 0 Å². The molecule has 1 saturated heterocycles. The van der Waals surface area contributed by atoms with E-state index in [2.05, 4.69) is 12.3 Å². The van der Waals surface area contributed by atoms with Crippen LogP contribution in [-0.4, -0.2) is 25.1 Å². The molecular weight excluding hydrogens is 344 g/mol. The van der Waals surface area contributed by atoms with Crippen molar-refractivity contribution in [2.75, 3.05) is 6.61 Å². The van der Waals surface area contributed by atoms with Crippen molar-refractivity contribution in [1.29, 1.82) is 0 Å². The number of ether oxygens (including phenoxy) is 3. The van der Waals surface area contributed by atoms with Crippen molar-refractivity contribution in [2.24, 2.45) is 5.84 Å². The van der Waals surface area contributed by atoms with Gasteiger partial charge in [-0.3, -0.25) is 10.2 Å². The molecule has 1 amide bonds. The van der Waals surface area contributed by atoms with Crippen molar-refractivity contribution < 1.29 is 19.0 Å². The number of hydrazine groups is 1. The molecule has 1 aromatic carbocycles. The first-order valence-electron chi connectivity index (χ1n) is 10.2. The lowest BCUT2D eigenvalue weighted by atomic mass is 10.1. The van der Waals surface area contributed by atoms with Gasteiger partial charge < -0.3 is 14.2 Å². The Balaban J connectivity index is 1.87. The van der Waals surface area contributed by atoms with Gasteiger partial charge in [-0.25, -0.2) is 5.84 Å². The lowest BCUT2D eigenvalue weighted by Crippen LogP contribution is -2.31. The summed E-state index contributed by atoms with van der Waals surface area (Å²) in [6, 6.07) is 7.49. The fourth-order valence-corrected chi connectivity index (χ4v) is 3.13. The number of hydrogen-bond acceptors (Lipinski definition) is 5. The molecule has 2 rings (SSSR count). The molecule has 1 fully saturated rings. The Morgan fingerprint density at radius 2 is 2.00 bits per heavy atom. The van der Waals surface area contributed by atoms with Crippen molar-refractivity contribution in [3.8, 4) is 5.75 Å². The van der Waals surface area contributed by atoms with Crippen molar-refractivity contribution in [1.82, 2.24) is 5.43 Å². The van der Waals surface area contributed by atoms with Crippen molar-refractivity contribution in [2.45, 2.75) is 83.7 Å². The normalized spacial score (nSPS) is 18.1. The van der Waals surface area contributed by atoms with Gasteiger partial charge in [-0.2, -0.15) is 0 Å². The van der Waals surface area contributed by atoms with Gasteiger partial charge in [0.2, 0.25) is 12.2 Å². The SMILES string of the molecule is CCCCCCCC(Oc1ccc(CC(=O)NN)cc1)OC1CCCCO1. The molecule has 1 aliphatic heterocycles. The molecule has 6 nitrogen and oxygen atoms in total. The van der Waals surface area contributed by atoms with Crippen LogP contribution in [0.2, 0.25) is 0 Å². The third-order valence-corrected chi connectivity index (χ3v) is 4.70. The van der Waals surface area contributed by atoms with E-state index >= 15 is 0 Å². The number of hydrogen-bond donors (Lipinski definition) is 2. The van der Waals surface area contributed by atoms with Crippen LogP contribution in [0.15, 0.2) is 24.3 Å². The third-order valence-electron chi connectivity index (χ3n) is 4.70. The zero-order valence-corrected chi connectivity index (χ0v) is 16.5. The number of nitrogens with two attached hydrogens (primary N) is 1. The quantitative estimate of drug-likeness (QED) is 0.190. The Morgan fingerprint density at radius 1 is 1.22 bits per heavy atom. The molecule has 1 aromatic rings. The van der Waals surface area contributed by atoms with Crippen LogP contribution in [-0.2, 0) is 20.7 Å². The van der Waals surface area contributed by atoms with Gasteiger partial charge in [0.25, 0.3) is 0 Å². The van der Waals surface area contributed by atoms with E-state index in [4.69, 9.17) is 20.1 Å². The first-order chi connectivity index (χ1) is 13.2. The highest BCUT2D eigenvalue weighted by Crippen LogP contribution is 2.22. The fraction of sp³-hybridized carbons (Fsp3) is 0.667. The van der Waals surface area contributed by atoms with E-state index in [-0.39, 0.29) is 24.9 Å². The Labute approximate surface area is 162 Å². The average molecular weight is 379 g/mol. The summed E-state index contributed by atoms with van der Waals surface area (Å²) in [5.41, 5.74) is 3.03. The van der Waals surface area contributed by atoms with Gasteiger partial charge in [0.1, 0.15) is 5.75 Å². The van der Waals surface area contributed by atoms with Crippen LogP contribution in [0.25, 0.3) is 0 Å². The molecule has 0 saturated carbocycles. The van der Waals surface area contributed by atoms with Gasteiger partial charge in [-0.1, -0.05) is 44.7 Å². The largest absolute Gasteiger partial charge is 0.465 e. The average Bonchev–Trinajstić information content (AvgIpc) is 2.70. The summed E-state index contributed by atoms with van der Waals surface area (Å²) >= 11 is 0. The second-order valence-corrected chi connectivity index (χ2v) is 7.07. The van der Waals surface area contributed by atoms with Crippen molar-refractivity contribution in [3.63, 3.8) is 0 Å². The molecular formula is C21H34N2O4. The molecule has 2 atom stereocenters. The van der Waals surface area contributed by atoms with Crippen LogP contribution in [0, 0.1) is 0 Å². The van der Waals surface area contributed by atoms with Gasteiger partial charge in [0, 0.05) is 13.0 Å². The summed E-state index contributed by atoms with van der Waals surface area (Å²) in [5, 5.41) is 0. The third kappa shape index (κ3) is 8.73. The van der Waals surface area contributed by atoms with Crippen LogP contribution in [0.3, 0.4) is 0 Å². The first-order valence-corrected chi connectivity index (χ1v) is 10.2. The highest BCUT2D eigenvalue weighted by molar-refractivity contribution is 5.77. The van der Waals surface area contributed by atoms with E-state index in [1.807, 2.05) is 24.3 Å². The number of rotatable bonds is 12. The van der Waals surface area contributed by atoms with E-state index in [0.29, 0.717) is 0 Å². The number of nitrogens with one attached hydrogen (secondary N) is 1. The number of benzene rings is 1. The summed E-state index contributed by atoms with van der Waals surface area (Å²) in [6.45, 7) is 2.97. The molecule has 0 radical (unpaired) electrons. The Hall–Kier alpha value is -1.63. The Morgan fingerprint density at radius 3 is 2.67 bits per heavy atom. The zero-order valence-electron chi connectivity index (χ0n) is 16.5. The molecule has 152 valence electrons. The summed E-state index contributed by atoms with van der Waals surface area (Å²) in [6.07, 6.45) is 9.79. The van der Waals surface area contributed by atoms with Crippen molar-refractivity contribution >= 4 is 5.91 Å². The highest BCUT2D eigenvalue weighted by atomic mass is 16.8. The number of amides is 1. The highest BCUT2D eigenvalue weighted by Gasteiger charge is 2.21. The van der Waals surface area contributed by atoms with Gasteiger partial charge in [-0.05, 0) is 43.4 Å². The number of unbranched alkanes of at least 4 members (excludes halogenated alkanes) is 4. The number of carbonyl (C=O) groups is 1. The molecule has 0 bridgehead atoms. The summed E-state index contributed by atoms with van der Waals surface area (Å²) < 4.78 is 17.9. The molecule has 6 heteroatoms. The van der Waals surface area contributed by atoms with Gasteiger partial charge >= 0.3 is 0 Å².